The van der Waals surface area contributed by atoms with Crippen LogP contribution in [0, 0.1) is 6.92 Å². The minimum atomic E-state index is -0.739. The first kappa shape index (κ1) is 8.76. The summed E-state index contributed by atoms with van der Waals surface area (Å²) in [5, 5.41) is 9.19. The Hall–Kier alpha value is -1.33. The molecular weight excluding hydrogens is 158 g/mol. The van der Waals surface area contributed by atoms with Gasteiger partial charge in [-0.05, 0) is 6.92 Å². The maximum absolute atomic E-state index is 10.9. The molecule has 66 valence electrons. The smallest absolute Gasteiger partial charge is 0.223 e. The van der Waals surface area contributed by atoms with Gasteiger partial charge in [-0.3, -0.25) is 16.3 Å². The molecule has 0 aliphatic heterocycles. The average Bonchev–Trinajstić information content (AvgIpc) is 2.00. The Morgan fingerprint density at radius 2 is 2.17 bits per heavy atom. The quantitative estimate of drug-likeness (QED) is 0.481. The van der Waals surface area contributed by atoms with Crippen molar-refractivity contribution in [3.8, 4) is 5.75 Å². The molecule has 0 saturated heterocycles. The van der Waals surface area contributed by atoms with E-state index in [1.165, 1.54) is 16.8 Å². The molecular formula is C7H11N3O2. The summed E-state index contributed by atoms with van der Waals surface area (Å²) in [4.78, 5) is 10.9. The first-order chi connectivity index (χ1) is 5.54. The molecule has 0 spiro atoms. The van der Waals surface area contributed by atoms with E-state index in [-0.39, 0.29) is 5.75 Å². The van der Waals surface area contributed by atoms with Crippen molar-refractivity contribution in [3.63, 3.8) is 0 Å². The van der Waals surface area contributed by atoms with Gasteiger partial charge < -0.3 is 9.67 Å². The van der Waals surface area contributed by atoms with E-state index < -0.39 is 11.7 Å². The molecule has 5 N–H and O–H groups in total. The molecule has 0 atom stereocenters. The Morgan fingerprint density at radius 3 is 2.67 bits per heavy atom. The molecule has 0 radical (unpaired) electrons. The Morgan fingerprint density at radius 1 is 1.58 bits per heavy atom. The number of hydrogen-bond donors (Lipinski definition) is 3. The molecule has 0 fully saturated rings. The van der Waals surface area contributed by atoms with Crippen molar-refractivity contribution < 1.29 is 5.11 Å². The average molecular weight is 169 g/mol. The van der Waals surface area contributed by atoms with E-state index in [1.54, 1.807) is 6.92 Å². The third-order valence-corrected chi connectivity index (χ3v) is 1.67. The van der Waals surface area contributed by atoms with Crippen molar-refractivity contribution in [2.75, 3.05) is 0 Å². The van der Waals surface area contributed by atoms with Gasteiger partial charge in [0.1, 0.15) is 6.29 Å². The number of nitrogens with two attached hydrogens (primary N) is 2. The lowest BCUT2D eigenvalue weighted by atomic mass is 10.3. The van der Waals surface area contributed by atoms with E-state index in [0.717, 1.165) is 0 Å². The van der Waals surface area contributed by atoms with Crippen LogP contribution < -0.4 is 16.9 Å². The number of pyridine rings is 1. The highest BCUT2D eigenvalue weighted by molar-refractivity contribution is 5.25. The molecule has 1 heterocycles. The van der Waals surface area contributed by atoms with Crippen LogP contribution in [0.3, 0.4) is 0 Å². The fraction of sp³-hybridized carbons (Fsp3) is 0.286. The van der Waals surface area contributed by atoms with Gasteiger partial charge >= 0.3 is 0 Å². The zero-order chi connectivity index (χ0) is 9.30. The minimum Gasteiger partial charge on any atom is -0.503 e. The van der Waals surface area contributed by atoms with Crippen LogP contribution in [0.2, 0.25) is 0 Å². The molecule has 0 unspecified atom stereocenters. The van der Waals surface area contributed by atoms with Crippen LogP contribution in [0.1, 0.15) is 12.0 Å². The van der Waals surface area contributed by atoms with Gasteiger partial charge in [0.25, 0.3) is 0 Å². The van der Waals surface area contributed by atoms with Gasteiger partial charge in [-0.25, -0.2) is 0 Å². The Labute approximate surface area is 69.2 Å². The molecule has 0 amide bonds. The second-order valence-corrected chi connectivity index (χ2v) is 2.51. The largest absolute Gasteiger partial charge is 0.503 e. The van der Waals surface area contributed by atoms with Crippen molar-refractivity contribution in [1.82, 2.24) is 4.57 Å². The standard InChI is InChI=1S/C7H11N3O2/c1-4-6(12)5(11)2-3-10(4)7(8)9/h2-3,7,12H,8-9H2,1H3. The van der Waals surface area contributed by atoms with Crippen LogP contribution in [0.15, 0.2) is 17.1 Å². The number of rotatable bonds is 1. The molecule has 0 saturated carbocycles. The lowest BCUT2D eigenvalue weighted by Gasteiger charge is -2.14. The Bertz CT molecular complexity index is 343. The predicted molar refractivity (Wildman–Crippen MR) is 44.5 cm³/mol. The third-order valence-electron chi connectivity index (χ3n) is 1.67. The minimum absolute atomic E-state index is 0.307. The molecule has 5 heteroatoms. The first-order valence-electron chi connectivity index (χ1n) is 3.46. The van der Waals surface area contributed by atoms with Gasteiger partial charge in [0.05, 0.1) is 5.69 Å². The van der Waals surface area contributed by atoms with Crippen molar-refractivity contribution in [2.45, 2.75) is 13.2 Å². The predicted octanol–water partition coefficient (Wildman–Crippen LogP) is -0.764. The second-order valence-electron chi connectivity index (χ2n) is 2.51. The lowest BCUT2D eigenvalue weighted by Crippen LogP contribution is -2.29. The van der Waals surface area contributed by atoms with Gasteiger partial charge in [-0.2, -0.15) is 0 Å². The fourth-order valence-electron chi connectivity index (χ4n) is 0.962. The van der Waals surface area contributed by atoms with Crippen LogP contribution in [-0.4, -0.2) is 9.67 Å². The third kappa shape index (κ3) is 1.32. The zero-order valence-corrected chi connectivity index (χ0v) is 6.69. The summed E-state index contributed by atoms with van der Waals surface area (Å²) in [5.74, 6) is -0.307. The summed E-state index contributed by atoms with van der Waals surface area (Å²) < 4.78 is 1.41. The van der Waals surface area contributed by atoms with Gasteiger partial charge in [-0.15, -0.1) is 0 Å². The molecule has 0 aliphatic rings. The normalized spacial score (nSPS) is 10.7. The Kier molecular flexibility index (Phi) is 2.16. The summed E-state index contributed by atoms with van der Waals surface area (Å²) in [5.41, 5.74) is 10.7. The van der Waals surface area contributed by atoms with Crippen molar-refractivity contribution >= 4 is 0 Å². The van der Waals surface area contributed by atoms with Gasteiger partial charge in [-0.1, -0.05) is 0 Å². The highest BCUT2D eigenvalue weighted by Gasteiger charge is 2.06. The van der Waals surface area contributed by atoms with Crippen molar-refractivity contribution in [2.24, 2.45) is 11.5 Å². The maximum atomic E-state index is 10.9. The summed E-state index contributed by atoms with van der Waals surface area (Å²) in [7, 11) is 0. The maximum Gasteiger partial charge on any atom is 0.223 e. The molecule has 1 rings (SSSR count). The second kappa shape index (κ2) is 2.96. The van der Waals surface area contributed by atoms with E-state index in [9.17, 15) is 9.90 Å². The fourth-order valence-corrected chi connectivity index (χ4v) is 0.962. The van der Waals surface area contributed by atoms with Gasteiger partial charge in [0.2, 0.25) is 5.43 Å². The lowest BCUT2D eigenvalue weighted by molar-refractivity contribution is 0.439. The van der Waals surface area contributed by atoms with Crippen LogP contribution >= 0.6 is 0 Å². The number of aromatic nitrogens is 1. The van der Waals surface area contributed by atoms with Crippen LogP contribution in [0.5, 0.6) is 5.75 Å². The number of aromatic hydroxyl groups is 1. The molecule has 1 aromatic heterocycles. The number of nitrogens with zero attached hydrogens (tertiary/aromatic N) is 1. The topological polar surface area (TPSA) is 94.3 Å². The molecule has 0 aliphatic carbocycles. The van der Waals surface area contributed by atoms with Gasteiger partial charge in [0, 0.05) is 12.3 Å². The van der Waals surface area contributed by atoms with Crippen LogP contribution in [0.4, 0.5) is 0 Å². The molecule has 0 aromatic carbocycles. The summed E-state index contributed by atoms with van der Waals surface area (Å²) >= 11 is 0. The van der Waals surface area contributed by atoms with Crippen molar-refractivity contribution in [1.29, 1.82) is 0 Å². The monoisotopic (exact) mass is 169 g/mol. The molecule has 5 nitrogen and oxygen atoms in total. The summed E-state index contributed by atoms with van der Waals surface area (Å²) in [6, 6.07) is 1.22. The summed E-state index contributed by atoms with van der Waals surface area (Å²) in [6.07, 6.45) is 0.707. The SMILES string of the molecule is Cc1c(O)c(=O)ccn1C(N)N. The van der Waals surface area contributed by atoms with E-state index in [1.807, 2.05) is 0 Å². The van der Waals surface area contributed by atoms with E-state index in [2.05, 4.69) is 0 Å². The van der Waals surface area contributed by atoms with Crippen LogP contribution in [-0.2, 0) is 0 Å². The van der Waals surface area contributed by atoms with Crippen molar-refractivity contribution in [3.05, 3.63) is 28.2 Å². The molecule has 0 bridgehead atoms. The van der Waals surface area contributed by atoms with E-state index in [4.69, 9.17) is 11.5 Å². The first-order valence-corrected chi connectivity index (χ1v) is 3.46. The molecule has 1 aromatic rings. The number of hydrogen-bond acceptors (Lipinski definition) is 4. The van der Waals surface area contributed by atoms with E-state index in [0.29, 0.717) is 5.69 Å². The highest BCUT2D eigenvalue weighted by Crippen LogP contribution is 2.09. The highest BCUT2D eigenvalue weighted by atomic mass is 16.3. The Balaban J connectivity index is 3.36. The molecule has 12 heavy (non-hydrogen) atoms. The summed E-state index contributed by atoms with van der Waals surface area (Å²) in [6.45, 7) is 1.57. The van der Waals surface area contributed by atoms with Crippen LogP contribution in [0.25, 0.3) is 0 Å². The van der Waals surface area contributed by atoms with E-state index >= 15 is 0 Å². The van der Waals surface area contributed by atoms with Gasteiger partial charge in [0.15, 0.2) is 5.75 Å². The zero-order valence-electron chi connectivity index (χ0n) is 6.69.